The maximum Gasteiger partial charge on any atom is 0.319 e. The van der Waals surface area contributed by atoms with E-state index < -0.39 is 0 Å². The SMILES string of the molecule is CN1CC2=C(C1=O)[C@@H](c1ccccc1)NC(=O)N2. The zero-order chi connectivity index (χ0) is 12.7. The number of urea groups is 1. The Kier molecular flexibility index (Phi) is 2.33. The predicted molar refractivity (Wildman–Crippen MR) is 65.5 cm³/mol. The standard InChI is InChI=1S/C13H13N3O2/c1-16-7-9-10(12(16)17)11(15-13(18)14-9)8-5-3-2-4-6-8/h2-6,11H,7H2,1H3,(H2,14,15,18)/t11-/m1/s1. The average molecular weight is 243 g/mol. The third-order valence-corrected chi connectivity index (χ3v) is 3.26. The van der Waals surface area contributed by atoms with Gasteiger partial charge in [0.15, 0.2) is 0 Å². The molecule has 0 aromatic heterocycles. The summed E-state index contributed by atoms with van der Waals surface area (Å²) in [6.07, 6.45) is 0. The van der Waals surface area contributed by atoms with Gasteiger partial charge in [-0.15, -0.1) is 0 Å². The summed E-state index contributed by atoms with van der Waals surface area (Å²) in [6, 6.07) is 8.90. The molecule has 18 heavy (non-hydrogen) atoms. The van der Waals surface area contributed by atoms with E-state index in [0.29, 0.717) is 17.8 Å². The molecule has 1 aromatic rings. The highest BCUT2D eigenvalue weighted by Crippen LogP contribution is 2.31. The fourth-order valence-corrected chi connectivity index (χ4v) is 2.41. The van der Waals surface area contributed by atoms with Crippen LogP contribution in [-0.2, 0) is 4.79 Å². The lowest BCUT2D eigenvalue weighted by atomic mass is 9.96. The second kappa shape index (κ2) is 3.87. The van der Waals surface area contributed by atoms with Crippen molar-refractivity contribution in [3.05, 3.63) is 47.2 Å². The third-order valence-electron chi connectivity index (χ3n) is 3.26. The van der Waals surface area contributed by atoms with Gasteiger partial charge in [-0.3, -0.25) is 4.79 Å². The fraction of sp³-hybridized carbons (Fsp3) is 0.231. The van der Waals surface area contributed by atoms with Crippen LogP contribution in [0.3, 0.4) is 0 Å². The minimum atomic E-state index is -0.354. The molecular weight excluding hydrogens is 230 g/mol. The van der Waals surface area contributed by atoms with E-state index >= 15 is 0 Å². The number of nitrogens with one attached hydrogen (secondary N) is 2. The van der Waals surface area contributed by atoms with E-state index in [0.717, 1.165) is 5.56 Å². The van der Waals surface area contributed by atoms with E-state index in [-0.39, 0.29) is 18.0 Å². The van der Waals surface area contributed by atoms with Crippen LogP contribution in [0.2, 0.25) is 0 Å². The molecule has 1 atom stereocenters. The molecule has 2 N–H and O–H groups in total. The van der Waals surface area contributed by atoms with Crippen LogP contribution < -0.4 is 10.6 Å². The molecule has 5 nitrogen and oxygen atoms in total. The molecule has 92 valence electrons. The number of carbonyl (C=O) groups is 2. The summed E-state index contributed by atoms with van der Waals surface area (Å²) in [5, 5.41) is 5.51. The van der Waals surface area contributed by atoms with Crippen molar-refractivity contribution in [3.63, 3.8) is 0 Å². The number of rotatable bonds is 1. The van der Waals surface area contributed by atoms with Crippen LogP contribution in [0.25, 0.3) is 0 Å². The number of nitrogens with zero attached hydrogens (tertiary/aromatic N) is 1. The zero-order valence-electron chi connectivity index (χ0n) is 9.93. The number of hydrogen-bond donors (Lipinski definition) is 2. The Morgan fingerprint density at radius 1 is 1.22 bits per heavy atom. The van der Waals surface area contributed by atoms with Gasteiger partial charge in [0.1, 0.15) is 0 Å². The molecule has 0 saturated carbocycles. The van der Waals surface area contributed by atoms with Gasteiger partial charge in [0.25, 0.3) is 5.91 Å². The maximum absolute atomic E-state index is 12.1. The Morgan fingerprint density at radius 2 is 1.94 bits per heavy atom. The van der Waals surface area contributed by atoms with Crippen molar-refractivity contribution in [2.75, 3.05) is 13.6 Å². The van der Waals surface area contributed by atoms with Gasteiger partial charge >= 0.3 is 6.03 Å². The van der Waals surface area contributed by atoms with Crippen LogP contribution >= 0.6 is 0 Å². The summed E-state index contributed by atoms with van der Waals surface area (Å²) in [4.78, 5) is 25.3. The molecule has 3 amide bonds. The Labute approximate surface area is 104 Å². The first-order valence-corrected chi connectivity index (χ1v) is 5.78. The molecule has 0 fully saturated rings. The van der Waals surface area contributed by atoms with Crippen LogP contribution in [-0.4, -0.2) is 30.4 Å². The smallest absolute Gasteiger partial charge is 0.319 e. The van der Waals surface area contributed by atoms with Crippen molar-refractivity contribution < 1.29 is 9.59 Å². The van der Waals surface area contributed by atoms with Gasteiger partial charge in [-0.25, -0.2) is 4.79 Å². The summed E-state index contributed by atoms with van der Waals surface area (Å²) in [7, 11) is 1.73. The molecule has 0 radical (unpaired) electrons. The molecule has 2 aliphatic heterocycles. The van der Waals surface area contributed by atoms with E-state index in [4.69, 9.17) is 0 Å². The fourth-order valence-electron chi connectivity index (χ4n) is 2.41. The Balaban J connectivity index is 2.06. The normalized spacial score (nSPS) is 22.7. The summed E-state index contributed by atoms with van der Waals surface area (Å²) in [5.74, 6) is -0.0358. The van der Waals surface area contributed by atoms with Crippen LogP contribution in [0.4, 0.5) is 4.79 Å². The molecule has 0 spiro atoms. The zero-order valence-corrected chi connectivity index (χ0v) is 9.93. The molecule has 1 aromatic carbocycles. The minimum Gasteiger partial charge on any atom is -0.336 e. The summed E-state index contributed by atoms with van der Waals surface area (Å²) in [6.45, 7) is 0.463. The number of likely N-dealkylation sites (N-methyl/N-ethyl adjacent to an activating group) is 1. The lowest BCUT2D eigenvalue weighted by Gasteiger charge is -2.25. The molecule has 0 saturated heterocycles. The molecule has 0 unspecified atom stereocenters. The summed E-state index contributed by atoms with van der Waals surface area (Å²) < 4.78 is 0. The molecule has 2 heterocycles. The van der Waals surface area contributed by atoms with Gasteiger partial charge in [-0.2, -0.15) is 0 Å². The van der Waals surface area contributed by atoms with Gasteiger partial charge in [0.05, 0.1) is 23.9 Å². The Bertz CT molecular complexity index is 551. The highest BCUT2D eigenvalue weighted by Gasteiger charge is 2.38. The first-order valence-electron chi connectivity index (χ1n) is 5.78. The first kappa shape index (κ1) is 10.8. The molecular formula is C13H13N3O2. The minimum absolute atomic E-state index is 0.0358. The highest BCUT2D eigenvalue weighted by molar-refractivity contribution is 6.01. The molecule has 3 rings (SSSR count). The van der Waals surface area contributed by atoms with E-state index in [2.05, 4.69) is 10.6 Å². The quantitative estimate of drug-likeness (QED) is 0.765. The van der Waals surface area contributed by atoms with Crippen molar-refractivity contribution >= 4 is 11.9 Å². The van der Waals surface area contributed by atoms with Crippen molar-refractivity contribution in [2.45, 2.75) is 6.04 Å². The van der Waals surface area contributed by atoms with E-state index in [1.807, 2.05) is 30.3 Å². The summed E-state index contributed by atoms with van der Waals surface area (Å²) in [5.41, 5.74) is 2.27. The van der Waals surface area contributed by atoms with Crippen LogP contribution in [0.15, 0.2) is 41.6 Å². The van der Waals surface area contributed by atoms with Gasteiger partial charge in [-0.1, -0.05) is 30.3 Å². The van der Waals surface area contributed by atoms with Crippen molar-refractivity contribution in [1.82, 2.24) is 15.5 Å². The molecule has 0 aliphatic carbocycles. The Hall–Kier alpha value is -2.30. The van der Waals surface area contributed by atoms with E-state index in [1.165, 1.54) is 0 Å². The lowest BCUT2D eigenvalue weighted by Crippen LogP contribution is -2.44. The number of hydrogen-bond acceptors (Lipinski definition) is 2. The van der Waals surface area contributed by atoms with Crippen molar-refractivity contribution in [2.24, 2.45) is 0 Å². The van der Waals surface area contributed by atoms with Crippen molar-refractivity contribution in [1.29, 1.82) is 0 Å². The monoisotopic (exact) mass is 243 g/mol. The van der Waals surface area contributed by atoms with Crippen LogP contribution in [0, 0.1) is 0 Å². The maximum atomic E-state index is 12.1. The van der Waals surface area contributed by atoms with E-state index in [1.54, 1.807) is 11.9 Å². The number of benzene rings is 1. The lowest BCUT2D eigenvalue weighted by molar-refractivity contribution is -0.124. The highest BCUT2D eigenvalue weighted by atomic mass is 16.2. The predicted octanol–water partition coefficient (Wildman–Crippen LogP) is 0.767. The second-order valence-corrected chi connectivity index (χ2v) is 4.50. The molecule has 5 heteroatoms. The van der Waals surface area contributed by atoms with Gasteiger partial charge in [0, 0.05) is 7.05 Å². The molecule has 2 aliphatic rings. The van der Waals surface area contributed by atoms with Crippen LogP contribution in [0.5, 0.6) is 0 Å². The Morgan fingerprint density at radius 3 is 2.67 bits per heavy atom. The molecule has 0 bridgehead atoms. The second-order valence-electron chi connectivity index (χ2n) is 4.50. The van der Waals surface area contributed by atoms with Crippen molar-refractivity contribution in [3.8, 4) is 0 Å². The van der Waals surface area contributed by atoms with Gasteiger partial charge < -0.3 is 15.5 Å². The summed E-state index contributed by atoms with van der Waals surface area (Å²) >= 11 is 0. The number of amides is 3. The van der Waals surface area contributed by atoms with Gasteiger partial charge in [-0.05, 0) is 5.56 Å². The van der Waals surface area contributed by atoms with E-state index in [9.17, 15) is 9.59 Å². The van der Waals surface area contributed by atoms with Crippen LogP contribution in [0.1, 0.15) is 11.6 Å². The first-order chi connectivity index (χ1) is 8.66. The van der Waals surface area contributed by atoms with Gasteiger partial charge in [0.2, 0.25) is 0 Å². The third kappa shape index (κ3) is 1.55. The average Bonchev–Trinajstić information content (AvgIpc) is 2.65. The topological polar surface area (TPSA) is 61.4 Å². The largest absolute Gasteiger partial charge is 0.336 e. The number of carbonyl (C=O) groups excluding carboxylic acids is 2.